The Morgan fingerprint density at radius 2 is 1.65 bits per heavy atom. The van der Waals surface area contributed by atoms with Gasteiger partial charge in [-0.3, -0.25) is 9.80 Å². The molecule has 0 atom stereocenters. The topological polar surface area (TPSA) is 62.3 Å². The fourth-order valence-electron chi connectivity index (χ4n) is 3.29. The summed E-state index contributed by atoms with van der Waals surface area (Å²) >= 11 is 6.00. The highest BCUT2D eigenvalue weighted by atomic mass is 35.5. The van der Waals surface area contributed by atoms with E-state index in [1.165, 1.54) is 17.5 Å². The van der Waals surface area contributed by atoms with Gasteiger partial charge < -0.3 is 9.47 Å². The van der Waals surface area contributed by atoms with Crippen molar-refractivity contribution in [2.75, 3.05) is 72.7 Å². The highest BCUT2D eigenvalue weighted by molar-refractivity contribution is 7.89. The van der Waals surface area contributed by atoms with E-state index in [0.717, 1.165) is 52.5 Å². The Kier molecular flexibility index (Phi) is 6.76. The summed E-state index contributed by atoms with van der Waals surface area (Å²) in [5.41, 5.74) is 0. The van der Waals surface area contributed by atoms with Gasteiger partial charge in [-0.25, -0.2) is 8.42 Å². The van der Waals surface area contributed by atoms with Gasteiger partial charge in [0.2, 0.25) is 10.0 Å². The molecule has 3 rings (SSSR count). The first-order valence-electron chi connectivity index (χ1n) is 8.87. The highest BCUT2D eigenvalue weighted by Gasteiger charge is 2.31. The maximum atomic E-state index is 13.0. The fraction of sp³-hybridized carbons (Fsp3) is 0.647. The lowest BCUT2D eigenvalue weighted by Gasteiger charge is -2.35. The number of benzene rings is 1. The van der Waals surface area contributed by atoms with E-state index in [1.54, 1.807) is 12.1 Å². The van der Waals surface area contributed by atoms with Crippen LogP contribution in [0.25, 0.3) is 0 Å². The molecule has 7 nitrogen and oxygen atoms in total. The smallest absolute Gasteiger partial charge is 0.246 e. The lowest BCUT2D eigenvalue weighted by Crippen LogP contribution is -2.50. The minimum absolute atomic E-state index is 0.134. The molecule has 2 heterocycles. The van der Waals surface area contributed by atoms with E-state index in [4.69, 9.17) is 21.1 Å². The van der Waals surface area contributed by atoms with Crippen LogP contribution in [0.4, 0.5) is 0 Å². The van der Waals surface area contributed by atoms with Crippen molar-refractivity contribution in [1.82, 2.24) is 14.1 Å². The van der Waals surface area contributed by atoms with Gasteiger partial charge in [-0.05, 0) is 18.2 Å². The highest BCUT2D eigenvalue weighted by Crippen LogP contribution is 2.30. The van der Waals surface area contributed by atoms with Crippen molar-refractivity contribution in [2.45, 2.75) is 4.90 Å². The van der Waals surface area contributed by atoms with Crippen LogP contribution < -0.4 is 4.74 Å². The standard InChI is InChI=1S/C17H26ClN3O4S/c1-24-16-3-2-15(18)14-17(16)26(22,23)21-8-6-19(7-9-21)4-5-20-10-12-25-13-11-20/h2-3,14H,4-13H2,1H3. The molecule has 9 heteroatoms. The molecule has 2 aliphatic rings. The Morgan fingerprint density at radius 3 is 2.27 bits per heavy atom. The molecule has 0 saturated carbocycles. The van der Waals surface area contributed by atoms with Crippen molar-refractivity contribution >= 4 is 21.6 Å². The summed E-state index contributed by atoms with van der Waals surface area (Å²) in [6, 6.07) is 4.68. The summed E-state index contributed by atoms with van der Waals surface area (Å²) in [5.74, 6) is 0.323. The largest absolute Gasteiger partial charge is 0.495 e. The molecule has 1 aromatic rings. The first kappa shape index (κ1) is 19.9. The third-order valence-electron chi connectivity index (χ3n) is 4.91. The number of hydrogen-bond donors (Lipinski definition) is 0. The van der Waals surface area contributed by atoms with Crippen molar-refractivity contribution in [3.8, 4) is 5.75 Å². The van der Waals surface area contributed by atoms with Crippen LogP contribution in [0.5, 0.6) is 5.75 Å². The van der Waals surface area contributed by atoms with Crippen LogP contribution in [0, 0.1) is 0 Å². The molecule has 0 amide bonds. The number of nitrogens with zero attached hydrogens (tertiary/aromatic N) is 3. The summed E-state index contributed by atoms with van der Waals surface area (Å²) in [5, 5.41) is 0.383. The van der Waals surface area contributed by atoms with Crippen LogP contribution in [0.3, 0.4) is 0 Å². The predicted octanol–water partition coefficient (Wildman–Crippen LogP) is 0.987. The van der Waals surface area contributed by atoms with Gasteiger partial charge in [-0.1, -0.05) is 11.6 Å². The lowest BCUT2D eigenvalue weighted by molar-refractivity contribution is 0.0317. The zero-order valence-corrected chi connectivity index (χ0v) is 16.6. The second-order valence-electron chi connectivity index (χ2n) is 6.49. The van der Waals surface area contributed by atoms with Crippen LogP contribution in [0.2, 0.25) is 5.02 Å². The Bertz CT molecular complexity index is 702. The van der Waals surface area contributed by atoms with Crippen LogP contribution in [0.1, 0.15) is 0 Å². The normalized spacial score (nSPS) is 21.0. The molecule has 0 unspecified atom stereocenters. The first-order valence-corrected chi connectivity index (χ1v) is 10.7. The van der Waals surface area contributed by atoms with E-state index in [2.05, 4.69) is 9.80 Å². The van der Waals surface area contributed by atoms with Crippen LogP contribution in [0.15, 0.2) is 23.1 Å². The molecule has 26 heavy (non-hydrogen) atoms. The molecular weight excluding hydrogens is 378 g/mol. The number of hydrogen-bond acceptors (Lipinski definition) is 6. The van der Waals surface area contributed by atoms with Crippen molar-refractivity contribution in [1.29, 1.82) is 0 Å². The van der Waals surface area contributed by atoms with Crippen molar-refractivity contribution < 1.29 is 17.9 Å². The molecule has 1 aromatic carbocycles. The van der Waals surface area contributed by atoms with Crippen LogP contribution >= 0.6 is 11.6 Å². The van der Waals surface area contributed by atoms with Crippen LogP contribution in [-0.2, 0) is 14.8 Å². The molecule has 0 N–H and O–H groups in total. The molecule has 146 valence electrons. The molecule has 2 aliphatic heterocycles. The van der Waals surface area contributed by atoms with Gasteiger partial charge in [0.15, 0.2) is 0 Å². The van der Waals surface area contributed by atoms with Crippen molar-refractivity contribution in [3.05, 3.63) is 23.2 Å². The van der Waals surface area contributed by atoms with E-state index in [9.17, 15) is 8.42 Å². The van der Waals surface area contributed by atoms with E-state index in [-0.39, 0.29) is 4.90 Å². The molecule has 0 bridgehead atoms. The Hall–Kier alpha value is -0.900. The summed E-state index contributed by atoms with van der Waals surface area (Å²) < 4.78 is 38.1. The van der Waals surface area contributed by atoms with E-state index < -0.39 is 10.0 Å². The van der Waals surface area contributed by atoms with Crippen molar-refractivity contribution in [3.63, 3.8) is 0 Å². The minimum atomic E-state index is -3.62. The van der Waals surface area contributed by atoms with Gasteiger partial charge in [0, 0.05) is 57.4 Å². The third kappa shape index (κ3) is 4.68. The Labute approximate surface area is 160 Å². The fourth-order valence-corrected chi connectivity index (χ4v) is 5.13. The maximum Gasteiger partial charge on any atom is 0.246 e. The Morgan fingerprint density at radius 1 is 1.04 bits per heavy atom. The number of halogens is 1. The van der Waals surface area contributed by atoms with Crippen molar-refractivity contribution in [2.24, 2.45) is 0 Å². The molecule has 0 spiro atoms. The summed E-state index contributed by atoms with van der Waals surface area (Å²) in [6.45, 7) is 7.90. The minimum Gasteiger partial charge on any atom is -0.495 e. The SMILES string of the molecule is COc1ccc(Cl)cc1S(=O)(=O)N1CCN(CCN2CCOCC2)CC1. The monoisotopic (exact) mass is 403 g/mol. The number of methoxy groups -OCH3 is 1. The van der Waals surface area contributed by atoms with E-state index in [1.807, 2.05) is 0 Å². The molecule has 2 fully saturated rings. The van der Waals surface area contributed by atoms with Gasteiger partial charge in [-0.15, -0.1) is 0 Å². The number of sulfonamides is 1. The molecule has 0 aliphatic carbocycles. The van der Waals surface area contributed by atoms with Gasteiger partial charge >= 0.3 is 0 Å². The van der Waals surface area contributed by atoms with Gasteiger partial charge in [-0.2, -0.15) is 4.31 Å². The quantitative estimate of drug-likeness (QED) is 0.705. The second-order valence-corrected chi connectivity index (χ2v) is 8.84. The summed E-state index contributed by atoms with van der Waals surface area (Å²) in [6.07, 6.45) is 0. The number of ether oxygens (including phenoxy) is 2. The molecule has 2 saturated heterocycles. The maximum absolute atomic E-state index is 13.0. The third-order valence-corrected chi connectivity index (χ3v) is 7.07. The average Bonchev–Trinajstić information content (AvgIpc) is 2.67. The molecule has 0 radical (unpaired) electrons. The number of rotatable bonds is 6. The summed E-state index contributed by atoms with van der Waals surface area (Å²) in [7, 11) is -2.15. The first-order chi connectivity index (χ1) is 12.5. The number of piperazine rings is 1. The second kappa shape index (κ2) is 8.86. The van der Waals surface area contributed by atoms with Crippen LogP contribution in [-0.4, -0.2) is 95.2 Å². The van der Waals surface area contributed by atoms with E-state index in [0.29, 0.717) is 23.9 Å². The average molecular weight is 404 g/mol. The predicted molar refractivity (Wildman–Crippen MR) is 100 cm³/mol. The van der Waals surface area contributed by atoms with E-state index >= 15 is 0 Å². The zero-order valence-electron chi connectivity index (χ0n) is 15.1. The van der Waals surface area contributed by atoms with Gasteiger partial charge in [0.1, 0.15) is 10.6 Å². The van der Waals surface area contributed by atoms with Gasteiger partial charge in [0.05, 0.1) is 20.3 Å². The lowest BCUT2D eigenvalue weighted by atomic mass is 10.3. The molecular formula is C17H26ClN3O4S. The molecule has 0 aromatic heterocycles. The van der Waals surface area contributed by atoms with Gasteiger partial charge in [0.25, 0.3) is 0 Å². The number of morpholine rings is 1. The Balaban J connectivity index is 1.57. The zero-order chi connectivity index (χ0) is 18.6. The summed E-state index contributed by atoms with van der Waals surface area (Å²) in [4.78, 5) is 4.84.